The van der Waals surface area contributed by atoms with Gasteiger partial charge in [-0.3, -0.25) is 0 Å². The minimum Gasteiger partial charge on any atom is -0.477 e. The number of hydrogen-bond donors (Lipinski definition) is 1. The van der Waals surface area contributed by atoms with Crippen LogP contribution in [0.4, 0.5) is 4.39 Å². The van der Waals surface area contributed by atoms with Crippen LogP contribution in [0.3, 0.4) is 0 Å². The van der Waals surface area contributed by atoms with Crippen molar-refractivity contribution in [2.24, 2.45) is 0 Å². The van der Waals surface area contributed by atoms with Gasteiger partial charge in [0.05, 0.1) is 5.69 Å². The Morgan fingerprint density at radius 2 is 2.10 bits per heavy atom. The summed E-state index contributed by atoms with van der Waals surface area (Å²) in [7, 11) is 0. The molecule has 0 fully saturated rings. The lowest BCUT2D eigenvalue weighted by Crippen LogP contribution is -2.00. The number of carbonyl (C=O) groups is 1. The predicted octanol–water partition coefficient (Wildman–Crippen LogP) is 4.05. The van der Waals surface area contributed by atoms with Gasteiger partial charge in [-0.15, -0.1) is 11.3 Å². The van der Waals surface area contributed by atoms with Crippen molar-refractivity contribution in [2.75, 3.05) is 0 Å². The van der Waals surface area contributed by atoms with Crippen LogP contribution in [0.1, 0.15) is 35.1 Å². The van der Waals surface area contributed by atoms with Crippen molar-refractivity contribution >= 4 is 27.5 Å². The molecule has 0 spiro atoms. The number of nitrogens with zero attached hydrogens (tertiary/aromatic N) is 2. The molecule has 21 heavy (non-hydrogen) atoms. The molecule has 0 amide bonds. The number of thiophene rings is 1. The Labute approximate surface area is 124 Å². The first-order valence-electron chi connectivity index (χ1n) is 6.49. The van der Waals surface area contributed by atoms with E-state index in [9.17, 15) is 9.18 Å². The fourth-order valence-electron chi connectivity index (χ4n) is 2.25. The molecule has 0 unspecified atom stereocenters. The van der Waals surface area contributed by atoms with E-state index in [1.807, 2.05) is 13.8 Å². The van der Waals surface area contributed by atoms with Gasteiger partial charge in [0.2, 0.25) is 0 Å². The number of para-hydroxylation sites is 1. The minimum atomic E-state index is -0.981. The van der Waals surface area contributed by atoms with Gasteiger partial charge in [-0.1, -0.05) is 26.0 Å². The lowest BCUT2D eigenvalue weighted by Gasteiger charge is -2.04. The second-order valence-corrected chi connectivity index (χ2v) is 6.07. The predicted molar refractivity (Wildman–Crippen MR) is 80.0 cm³/mol. The molecule has 0 saturated carbocycles. The normalized spacial score (nSPS) is 11.4. The van der Waals surface area contributed by atoms with Gasteiger partial charge in [0.15, 0.2) is 0 Å². The first kappa shape index (κ1) is 13.8. The summed E-state index contributed by atoms with van der Waals surface area (Å²) in [5.41, 5.74) is 1.10. The van der Waals surface area contributed by atoms with Crippen LogP contribution in [0, 0.1) is 5.82 Å². The van der Waals surface area contributed by atoms with E-state index in [1.54, 1.807) is 24.3 Å². The van der Waals surface area contributed by atoms with Crippen LogP contribution in [-0.2, 0) is 0 Å². The maximum absolute atomic E-state index is 14.0. The van der Waals surface area contributed by atoms with Gasteiger partial charge >= 0.3 is 5.97 Å². The average molecular weight is 304 g/mol. The number of carboxylic acid groups (broad SMARTS) is 1. The summed E-state index contributed by atoms with van der Waals surface area (Å²) in [5, 5.41) is 14.4. The van der Waals surface area contributed by atoms with Crippen molar-refractivity contribution in [3.63, 3.8) is 0 Å². The van der Waals surface area contributed by atoms with Gasteiger partial charge in [-0.05, 0) is 24.1 Å². The zero-order chi connectivity index (χ0) is 15.1. The summed E-state index contributed by atoms with van der Waals surface area (Å²) in [5.74, 6) is -1.25. The lowest BCUT2D eigenvalue weighted by atomic mass is 10.1. The molecule has 3 rings (SSSR count). The molecular weight excluding hydrogens is 291 g/mol. The van der Waals surface area contributed by atoms with Gasteiger partial charge < -0.3 is 5.11 Å². The topological polar surface area (TPSA) is 55.1 Å². The Bertz CT molecular complexity index is 835. The standard InChI is InChI=1S/C15H13FN2O2S/c1-8(2)13-9-7-12(15(19)20)21-14(9)18(17-13)11-6-4-3-5-10(11)16/h3-8H,1-2H3,(H,19,20). The van der Waals surface area contributed by atoms with Gasteiger partial charge in [-0.2, -0.15) is 5.10 Å². The molecule has 0 bridgehead atoms. The van der Waals surface area contributed by atoms with E-state index in [2.05, 4.69) is 5.10 Å². The molecule has 0 atom stereocenters. The zero-order valence-electron chi connectivity index (χ0n) is 11.5. The van der Waals surface area contributed by atoms with Crippen molar-refractivity contribution in [3.05, 3.63) is 46.7 Å². The third-order valence-electron chi connectivity index (χ3n) is 3.23. The number of fused-ring (bicyclic) bond motifs is 1. The summed E-state index contributed by atoms with van der Waals surface area (Å²) in [4.78, 5) is 12.1. The fraction of sp³-hybridized carbons (Fsp3) is 0.200. The highest BCUT2D eigenvalue weighted by molar-refractivity contribution is 7.20. The maximum atomic E-state index is 14.0. The van der Waals surface area contributed by atoms with E-state index in [0.29, 0.717) is 10.5 Å². The summed E-state index contributed by atoms with van der Waals surface area (Å²) in [6.45, 7) is 3.96. The highest BCUT2D eigenvalue weighted by Crippen LogP contribution is 2.34. The number of hydrogen-bond acceptors (Lipinski definition) is 3. The molecule has 0 aliphatic carbocycles. The second kappa shape index (κ2) is 4.96. The van der Waals surface area contributed by atoms with E-state index in [-0.39, 0.29) is 16.6 Å². The lowest BCUT2D eigenvalue weighted by molar-refractivity contribution is 0.0702. The Kier molecular flexibility index (Phi) is 3.25. The molecule has 0 aliphatic rings. The highest BCUT2D eigenvalue weighted by atomic mass is 32.1. The highest BCUT2D eigenvalue weighted by Gasteiger charge is 2.21. The van der Waals surface area contributed by atoms with Gasteiger partial charge in [-0.25, -0.2) is 13.9 Å². The van der Waals surface area contributed by atoms with Crippen LogP contribution in [0.25, 0.3) is 15.9 Å². The molecule has 108 valence electrons. The van der Waals surface area contributed by atoms with E-state index in [1.165, 1.54) is 10.7 Å². The molecule has 2 aromatic heterocycles. The molecule has 1 N–H and O–H groups in total. The van der Waals surface area contributed by atoms with Crippen LogP contribution in [0.5, 0.6) is 0 Å². The molecule has 0 radical (unpaired) electrons. The van der Waals surface area contributed by atoms with Gasteiger partial charge in [0.25, 0.3) is 0 Å². The molecular formula is C15H13FN2O2S. The summed E-state index contributed by atoms with van der Waals surface area (Å²) < 4.78 is 15.5. The number of aromatic carboxylic acids is 1. The van der Waals surface area contributed by atoms with Gasteiger partial charge in [0.1, 0.15) is 21.2 Å². The summed E-state index contributed by atoms with van der Waals surface area (Å²) >= 11 is 1.11. The molecule has 6 heteroatoms. The first-order valence-corrected chi connectivity index (χ1v) is 7.31. The van der Waals surface area contributed by atoms with Crippen LogP contribution < -0.4 is 0 Å². The molecule has 1 aromatic carbocycles. The number of carboxylic acids is 1. The Morgan fingerprint density at radius 1 is 1.38 bits per heavy atom. The van der Waals surface area contributed by atoms with Crippen molar-refractivity contribution in [2.45, 2.75) is 19.8 Å². The van der Waals surface area contributed by atoms with Crippen LogP contribution in [0.2, 0.25) is 0 Å². The maximum Gasteiger partial charge on any atom is 0.345 e. The smallest absolute Gasteiger partial charge is 0.345 e. The number of rotatable bonds is 3. The number of halogens is 1. The molecule has 3 aromatic rings. The Balaban J connectivity index is 2.32. The number of aromatic nitrogens is 2. The third kappa shape index (κ3) is 2.21. The summed E-state index contributed by atoms with van der Waals surface area (Å²) in [6.07, 6.45) is 0. The summed E-state index contributed by atoms with van der Waals surface area (Å²) in [6, 6.07) is 7.95. The average Bonchev–Trinajstić information content (AvgIpc) is 2.98. The Hall–Kier alpha value is -2.21. The van der Waals surface area contributed by atoms with E-state index in [4.69, 9.17) is 5.11 Å². The molecule has 2 heterocycles. The SMILES string of the molecule is CC(C)c1nn(-c2ccccc2F)c2sc(C(=O)O)cc12. The first-order chi connectivity index (χ1) is 9.99. The Morgan fingerprint density at radius 3 is 2.71 bits per heavy atom. The van der Waals surface area contributed by atoms with Crippen molar-refractivity contribution in [1.29, 1.82) is 0 Å². The fourth-order valence-corrected chi connectivity index (χ4v) is 3.22. The van der Waals surface area contributed by atoms with Crippen molar-refractivity contribution < 1.29 is 14.3 Å². The van der Waals surface area contributed by atoms with Crippen molar-refractivity contribution in [1.82, 2.24) is 9.78 Å². The monoisotopic (exact) mass is 304 g/mol. The number of benzene rings is 1. The molecule has 0 aliphatic heterocycles. The van der Waals surface area contributed by atoms with Crippen LogP contribution in [0.15, 0.2) is 30.3 Å². The van der Waals surface area contributed by atoms with Crippen LogP contribution >= 0.6 is 11.3 Å². The molecule has 0 saturated heterocycles. The minimum absolute atomic E-state index is 0.122. The second-order valence-electron chi connectivity index (χ2n) is 5.04. The van der Waals surface area contributed by atoms with E-state index < -0.39 is 5.97 Å². The third-order valence-corrected chi connectivity index (χ3v) is 4.33. The van der Waals surface area contributed by atoms with E-state index >= 15 is 0 Å². The van der Waals surface area contributed by atoms with Gasteiger partial charge in [0, 0.05) is 5.39 Å². The van der Waals surface area contributed by atoms with Crippen molar-refractivity contribution in [3.8, 4) is 5.69 Å². The largest absolute Gasteiger partial charge is 0.477 e. The van der Waals surface area contributed by atoms with E-state index in [0.717, 1.165) is 22.4 Å². The molecule has 4 nitrogen and oxygen atoms in total. The zero-order valence-corrected chi connectivity index (χ0v) is 12.3. The quantitative estimate of drug-likeness (QED) is 0.794. The van der Waals surface area contributed by atoms with Crippen LogP contribution in [-0.4, -0.2) is 20.9 Å².